The summed E-state index contributed by atoms with van der Waals surface area (Å²) in [5.41, 5.74) is 2.14. The molecule has 21 heavy (non-hydrogen) atoms. The third kappa shape index (κ3) is 2.26. The minimum Gasteiger partial charge on any atom is -0.213 e. The number of halogens is 1. The Hall–Kier alpha value is -2.05. The van der Waals surface area contributed by atoms with E-state index in [1.165, 1.54) is 0 Å². The van der Waals surface area contributed by atoms with Gasteiger partial charge in [0.15, 0.2) is 0 Å². The molecule has 3 heterocycles. The van der Waals surface area contributed by atoms with Crippen LogP contribution in [0.5, 0.6) is 0 Å². The summed E-state index contributed by atoms with van der Waals surface area (Å²) in [7, 11) is 0. The molecule has 0 fully saturated rings. The van der Waals surface area contributed by atoms with Crippen LogP contribution < -0.4 is 0 Å². The molecule has 3 aromatic rings. The van der Waals surface area contributed by atoms with Gasteiger partial charge in [0.25, 0.3) is 5.95 Å². The third-order valence-corrected chi connectivity index (χ3v) is 4.62. The zero-order valence-electron chi connectivity index (χ0n) is 10.8. The van der Waals surface area contributed by atoms with Crippen molar-refractivity contribution in [2.45, 2.75) is 12.5 Å². The number of benzene rings is 1. The lowest BCUT2D eigenvalue weighted by Gasteiger charge is -2.22. The second-order valence-corrected chi connectivity index (χ2v) is 6.11. The molecule has 1 atom stereocenters. The average Bonchev–Trinajstić information content (AvgIpc) is 3.18. The van der Waals surface area contributed by atoms with Crippen molar-refractivity contribution in [2.75, 3.05) is 0 Å². The first-order valence-corrected chi connectivity index (χ1v) is 7.72. The van der Waals surface area contributed by atoms with E-state index in [9.17, 15) is 0 Å². The van der Waals surface area contributed by atoms with Crippen LogP contribution in [-0.2, 0) is 0 Å². The van der Waals surface area contributed by atoms with Gasteiger partial charge in [-0.3, -0.25) is 0 Å². The Labute approximate surface area is 129 Å². The number of nitrogens with zero attached hydrogens (tertiary/aromatic N) is 5. The Morgan fingerprint density at radius 1 is 1.19 bits per heavy atom. The maximum absolute atomic E-state index is 5.97. The molecule has 5 nitrogen and oxygen atoms in total. The van der Waals surface area contributed by atoms with E-state index in [0.717, 1.165) is 27.6 Å². The molecule has 1 unspecified atom stereocenters. The molecule has 1 aliphatic heterocycles. The highest BCUT2D eigenvalue weighted by molar-refractivity contribution is 7.12. The van der Waals surface area contributed by atoms with Gasteiger partial charge in [-0.05, 0) is 39.6 Å². The predicted molar refractivity (Wildman–Crippen MR) is 82.5 cm³/mol. The van der Waals surface area contributed by atoms with E-state index in [1.54, 1.807) is 16.0 Å². The molecule has 0 saturated carbocycles. The van der Waals surface area contributed by atoms with Crippen LogP contribution in [0.25, 0.3) is 0 Å². The van der Waals surface area contributed by atoms with Gasteiger partial charge in [-0.15, -0.1) is 11.3 Å². The first-order valence-electron chi connectivity index (χ1n) is 6.46. The molecule has 0 bridgehead atoms. The number of aliphatic imine (C=N–C) groups is 1. The molecular formula is C14H10ClN5S. The molecule has 0 radical (unpaired) electrons. The largest absolute Gasteiger partial charge is 0.269 e. The lowest BCUT2D eigenvalue weighted by molar-refractivity contribution is 0.515. The zero-order valence-corrected chi connectivity index (χ0v) is 12.4. The molecule has 0 N–H and O–H groups in total. The summed E-state index contributed by atoms with van der Waals surface area (Å²) >= 11 is 7.65. The summed E-state index contributed by atoms with van der Waals surface area (Å²) in [5.74, 6) is 0.546. The summed E-state index contributed by atoms with van der Waals surface area (Å²) in [4.78, 5) is 5.72. The molecule has 0 aliphatic carbocycles. The van der Waals surface area contributed by atoms with E-state index in [4.69, 9.17) is 11.6 Å². The van der Waals surface area contributed by atoms with E-state index in [2.05, 4.69) is 26.6 Å². The van der Waals surface area contributed by atoms with E-state index < -0.39 is 0 Å². The van der Waals surface area contributed by atoms with E-state index >= 15 is 0 Å². The lowest BCUT2D eigenvalue weighted by atomic mass is 9.99. The van der Waals surface area contributed by atoms with Crippen LogP contribution in [0.15, 0.2) is 46.8 Å². The van der Waals surface area contributed by atoms with Crippen molar-refractivity contribution in [3.05, 3.63) is 57.2 Å². The number of aromatic nitrogens is 4. The number of tetrazole rings is 1. The first kappa shape index (κ1) is 12.7. The van der Waals surface area contributed by atoms with Crippen molar-refractivity contribution in [1.29, 1.82) is 0 Å². The standard InChI is InChI=1S/C14H10ClN5S/c15-10-5-3-9(4-6-10)12-8-11(13-2-1-7-21-13)16-14-17-18-19-20(12)14/h1-7,12H,8H2. The van der Waals surface area contributed by atoms with E-state index in [1.807, 2.05) is 35.7 Å². The van der Waals surface area contributed by atoms with Gasteiger partial charge < -0.3 is 0 Å². The van der Waals surface area contributed by atoms with Crippen LogP contribution in [0.1, 0.15) is 22.9 Å². The van der Waals surface area contributed by atoms with Crippen LogP contribution in [0.3, 0.4) is 0 Å². The van der Waals surface area contributed by atoms with Crippen molar-refractivity contribution in [3.8, 4) is 0 Å². The van der Waals surface area contributed by atoms with E-state index in [0.29, 0.717) is 5.95 Å². The molecule has 0 spiro atoms. The van der Waals surface area contributed by atoms with Crippen molar-refractivity contribution >= 4 is 34.6 Å². The molecule has 104 valence electrons. The van der Waals surface area contributed by atoms with Crippen LogP contribution in [0.2, 0.25) is 5.02 Å². The maximum Gasteiger partial charge on any atom is 0.269 e. The highest BCUT2D eigenvalue weighted by atomic mass is 35.5. The smallest absolute Gasteiger partial charge is 0.213 e. The maximum atomic E-state index is 5.97. The van der Waals surface area contributed by atoms with Gasteiger partial charge in [-0.1, -0.05) is 34.9 Å². The van der Waals surface area contributed by atoms with Gasteiger partial charge in [0.05, 0.1) is 11.8 Å². The molecular weight excluding hydrogens is 306 g/mol. The number of hydrogen-bond acceptors (Lipinski definition) is 5. The Kier molecular flexibility index (Phi) is 3.05. The number of thiophene rings is 1. The monoisotopic (exact) mass is 315 g/mol. The van der Waals surface area contributed by atoms with Crippen LogP contribution >= 0.6 is 22.9 Å². The Balaban J connectivity index is 1.79. The highest BCUT2D eigenvalue weighted by Crippen LogP contribution is 2.32. The minimum absolute atomic E-state index is 0.0434. The minimum atomic E-state index is 0.0434. The zero-order chi connectivity index (χ0) is 14.2. The quantitative estimate of drug-likeness (QED) is 0.727. The fraction of sp³-hybridized carbons (Fsp3) is 0.143. The van der Waals surface area contributed by atoms with Gasteiger partial charge >= 0.3 is 0 Å². The van der Waals surface area contributed by atoms with Crippen molar-refractivity contribution in [2.24, 2.45) is 4.99 Å². The molecule has 0 amide bonds. The molecule has 1 aliphatic rings. The predicted octanol–water partition coefficient (Wildman–Crippen LogP) is 3.50. The second kappa shape index (κ2) is 5.05. The average molecular weight is 316 g/mol. The molecule has 4 rings (SSSR count). The van der Waals surface area contributed by atoms with Gasteiger partial charge in [0, 0.05) is 16.3 Å². The first-order chi connectivity index (χ1) is 10.3. The topological polar surface area (TPSA) is 56.0 Å². The van der Waals surface area contributed by atoms with Gasteiger partial charge in [-0.2, -0.15) is 0 Å². The summed E-state index contributed by atoms with van der Waals surface area (Å²) < 4.78 is 1.76. The fourth-order valence-corrected chi connectivity index (χ4v) is 3.29. The third-order valence-electron chi connectivity index (χ3n) is 3.45. The Bertz CT molecular complexity index is 791. The summed E-state index contributed by atoms with van der Waals surface area (Å²) in [6, 6.07) is 11.9. The Morgan fingerprint density at radius 3 is 2.81 bits per heavy atom. The van der Waals surface area contributed by atoms with Crippen LogP contribution in [0.4, 0.5) is 5.95 Å². The fourth-order valence-electron chi connectivity index (χ4n) is 2.44. The van der Waals surface area contributed by atoms with Crippen molar-refractivity contribution in [1.82, 2.24) is 20.2 Å². The summed E-state index contributed by atoms with van der Waals surface area (Å²) in [6.07, 6.45) is 0.764. The van der Waals surface area contributed by atoms with Crippen LogP contribution in [-0.4, -0.2) is 25.9 Å². The van der Waals surface area contributed by atoms with Crippen molar-refractivity contribution in [3.63, 3.8) is 0 Å². The summed E-state index contributed by atoms with van der Waals surface area (Å²) in [5, 5.41) is 14.6. The molecule has 2 aromatic heterocycles. The van der Waals surface area contributed by atoms with Crippen LogP contribution in [0, 0.1) is 0 Å². The Morgan fingerprint density at radius 2 is 2.05 bits per heavy atom. The molecule has 7 heteroatoms. The number of rotatable bonds is 2. The van der Waals surface area contributed by atoms with Gasteiger partial charge in [-0.25, -0.2) is 9.67 Å². The molecule has 1 aromatic carbocycles. The second-order valence-electron chi connectivity index (χ2n) is 4.73. The van der Waals surface area contributed by atoms with Gasteiger partial charge in [0.1, 0.15) is 0 Å². The lowest BCUT2D eigenvalue weighted by Crippen LogP contribution is -2.20. The van der Waals surface area contributed by atoms with Gasteiger partial charge in [0.2, 0.25) is 0 Å². The van der Waals surface area contributed by atoms with E-state index in [-0.39, 0.29) is 6.04 Å². The number of hydrogen-bond donors (Lipinski definition) is 0. The summed E-state index contributed by atoms with van der Waals surface area (Å²) in [6.45, 7) is 0. The highest BCUT2D eigenvalue weighted by Gasteiger charge is 2.27. The number of fused-ring (bicyclic) bond motifs is 1. The van der Waals surface area contributed by atoms with Crippen molar-refractivity contribution < 1.29 is 0 Å². The normalized spacial score (nSPS) is 17.4. The SMILES string of the molecule is Clc1ccc(C2CC(c3cccs3)=Nc3nnnn32)cc1. The molecule has 0 saturated heterocycles.